The van der Waals surface area contributed by atoms with Gasteiger partial charge in [0.1, 0.15) is 16.8 Å². The summed E-state index contributed by atoms with van der Waals surface area (Å²) in [6, 6.07) is 2.93. The lowest BCUT2D eigenvalue weighted by Crippen LogP contribution is -2.39. The number of carboxylic acid groups (broad SMARTS) is 1. The molecule has 0 amide bonds. The van der Waals surface area contributed by atoms with E-state index in [9.17, 15) is 9.90 Å². The van der Waals surface area contributed by atoms with Crippen LogP contribution in [0.4, 0.5) is 0 Å². The number of nitrogens with zero attached hydrogens (tertiary/aromatic N) is 1. The van der Waals surface area contributed by atoms with Crippen LogP contribution < -0.4 is 4.74 Å². The van der Waals surface area contributed by atoms with Gasteiger partial charge in [-0.15, -0.1) is 0 Å². The Kier molecular flexibility index (Phi) is 3.21. The van der Waals surface area contributed by atoms with Crippen LogP contribution in [0.3, 0.4) is 0 Å². The van der Waals surface area contributed by atoms with Crippen LogP contribution in [0.2, 0.25) is 5.15 Å². The van der Waals surface area contributed by atoms with E-state index in [1.54, 1.807) is 0 Å². The molecule has 3 rings (SSSR count). The third-order valence-electron chi connectivity index (χ3n) is 6.02. The minimum absolute atomic E-state index is 0.00434. The molecular weight excluding hydrogens is 290 g/mol. The Bertz CT molecular complexity index is 601. The first kappa shape index (κ1) is 14.6. The van der Waals surface area contributed by atoms with Gasteiger partial charge in [-0.05, 0) is 42.7 Å². The lowest BCUT2D eigenvalue weighted by Gasteiger charge is -2.38. The number of hydrogen-bond acceptors (Lipinski definition) is 3. The van der Waals surface area contributed by atoms with Crippen LogP contribution in [-0.4, -0.2) is 22.2 Å². The first-order chi connectivity index (χ1) is 9.75. The van der Waals surface area contributed by atoms with E-state index in [4.69, 9.17) is 16.3 Å². The van der Waals surface area contributed by atoms with Crippen LogP contribution in [0.5, 0.6) is 5.88 Å². The number of carboxylic acids is 1. The molecule has 5 heteroatoms. The van der Waals surface area contributed by atoms with Crippen molar-refractivity contribution in [2.24, 2.45) is 16.7 Å². The van der Waals surface area contributed by atoms with Gasteiger partial charge in [0.2, 0.25) is 5.88 Å². The van der Waals surface area contributed by atoms with Crippen LogP contribution in [0.15, 0.2) is 12.1 Å². The molecular formula is C16H20ClNO3. The highest BCUT2D eigenvalue weighted by Gasteiger charge is 2.62. The van der Waals surface area contributed by atoms with Crippen LogP contribution in [0.25, 0.3) is 0 Å². The number of halogens is 1. The first-order valence-electron chi connectivity index (χ1n) is 7.32. The van der Waals surface area contributed by atoms with Gasteiger partial charge in [0, 0.05) is 5.41 Å². The Morgan fingerprint density at radius 1 is 1.43 bits per heavy atom. The van der Waals surface area contributed by atoms with E-state index in [-0.39, 0.29) is 33.5 Å². The Morgan fingerprint density at radius 2 is 2.14 bits per heavy atom. The zero-order valence-electron chi connectivity index (χ0n) is 12.5. The highest BCUT2D eigenvalue weighted by molar-refractivity contribution is 6.29. The van der Waals surface area contributed by atoms with Gasteiger partial charge in [-0.25, -0.2) is 9.78 Å². The Balaban J connectivity index is 1.92. The van der Waals surface area contributed by atoms with Crippen molar-refractivity contribution in [1.82, 2.24) is 4.98 Å². The predicted octanol–water partition coefficient (Wildman–Crippen LogP) is 4.03. The molecule has 3 atom stereocenters. The molecule has 0 radical (unpaired) electrons. The Labute approximate surface area is 129 Å². The maximum absolute atomic E-state index is 11.3. The molecule has 1 aromatic rings. The van der Waals surface area contributed by atoms with Crippen molar-refractivity contribution in [1.29, 1.82) is 0 Å². The summed E-state index contributed by atoms with van der Waals surface area (Å²) < 4.78 is 6.04. The molecule has 2 saturated carbocycles. The zero-order valence-corrected chi connectivity index (χ0v) is 13.3. The molecule has 1 aromatic heterocycles. The minimum atomic E-state index is -1.04. The quantitative estimate of drug-likeness (QED) is 0.856. The molecule has 21 heavy (non-hydrogen) atoms. The van der Waals surface area contributed by atoms with Gasteiger partial charge in [-0.2, -0.15) is 0 Å². The zero-order chi connectivity index (χ0) is 15.4. The number of aromatic nitrogens is 1. The average Bonchev–Trinajstić information content (AvgIpc) is 2.71. The Morgan fingerprint density at radius 3 is 2.67 bits per heavy atom. The van der Waals surface area contributed by atoms with E-state index < -0.39 is 5.97 Å². The molecule has 1 heterocycles. The smallest absolute Gasteiger partial charge is 0.341 e. The summed E-state index contributed by atoms with van der Waals surface area (Å²) in [5, 5.41) is 9.52. The summed E-state index contributed by atoms with van der Waals surface area (Å²) in [7, 11) is 0. The van der Waals surface area contributed by atoms with Gasteiger partial charge in [0.05, 0.1) is 0 Å². The van der Waals surface area contributed by atoms with Crippen molar-refractivity contribution in [3.63, 3.8) is 0 Å². The lowest BCUT2D eigenvalue weighted by molar-refractivity contribution is 0.0259. The van der Waals surface area contributed by atoms with E-state index in [1.165, 1.54) is 18.6 Å². The second-order valence-corrected chi connectivity index (χ2v) is 7.40. The van der Waals surface area contributed by atoms with Crippen LogP contribution in [0.1, 0.15) is 50.4 Å². The van der Waals surface area contributed by atoms with Crippen molar-refractivity contribution in [3.05, 3.63) is 22.8 Å². The third kappa shape index (κ3) is 2.03. The van der Waals surface area contributed by atoms with Gasteiger partial charge in [-0.3, -0.25) is 0 Å². The summed E-state index contributed by atoms with van der Waals surface area (Å²) >= 11 is 5.89. The highest BCUT2D eigenvalue weighted by Crippen LogP contribution is 2.66. The molecule has 0 aromatic carbocycles. The summed E-state index contributed by atoms with van der Waals surface area (Å²) in [6.45, 7) is 6.82. The number of aromatic carboxylic acids is 1. The summed E-state index contributed by atoms with van der Waals surface area (Å²) in [5.74, 6) is -0.272. The maximum atomic E-state index is 11.3. The minimum Gasteiger partial charge on any atom is -0.477 e. The molecule has 0 saturated heterocycles. The van der Waals surface area contributed by atoms with Crippen LogP contribution in [-0.2, 0) is 0 Å². The third-order valence-corrected chi connectivity index (χ3v) is 6.24. The lowest BCUT2D eigenvalue weighted by atomic mass is 9.70. The van der Waals surface area contributed by atoms with Crippen molar-refractivity contribution in [2.75, 3.05) is 0 Å². The van der Waals surface area contributed by atoms with Crippen molar-refractivity contribution in [3.8, 4) is 5.88 Å². The van der Waals surface area contributed by atoms with Gasteiger partial charge in [0.25, 0.3) is 0 Å². The monoisotopic (exact) mass is 309 g/mol. The average molecular weight is 310 g/mol. The van der Waals surface area contributed by atoms with Crippen LogP contribution in [0, 0.1) is 16.7 Å². The van der Waals surface area contributed by atoms with Gasteiger partial charge < -0.3 is 9.84 Å². The number of pyridine rings is 1. The number of rotatable bonds is 3. The summed E-state index contributed by atoms with van der Waals surface area (Å²) in [6.07, 6.45) is 3.28. The number of hydrogen-bond donors (Lipinski definition) is 1. The van der Waals surface area contributed by atoms with Gasteiger partial charge in [-0.1, -0.05) is 32.4 Å². The summed E-state index contributed by atoms with van der Waals surface area (Å²) in [5.41, 5.74) is 0.334. The molecule has 2 fully saturated rings. The molecule has 4 nitrogen and oxygen atoms in total. The second-order valence-electron chi connectivity index (χ2n) is 7.01. The molecule has 2 aliphatic rings. The van der Waals surface area contributed by atoms with Gasteiger partial charge in [0.15, 0.2) is 0 Å². The summed E-state index contributed by atoms with van der Waals surface area (Å²) in [4.78, 5) is 15.4. The molecule has 1 N–H and O–H groups in total. The van der Waals surface area contributed by atoms with E-state index in [0.717, 1.165) is 12.8 Å². The highest BCUT2D eigenvalue weighted by atomic mass is 35.5. The largest absolute Gasteiger partial charge is 0.477 e. The first-order valence-corrected chi connectivity index (χ1v) is 7.70. The van der Waals surface area contributed by atoms with Crippen molar-refractivity contribution in [2.45, 2.75) is 46.1 Å². The fourth-order valence-electron chi connectivity index (χ4n) is 4.11. The molecule has 2 bridgehead atoms. The van der Waals surface area contributed by atoms with E-state index in [1.807, 2.05) is 0 Å². The maximum Gasteiger partial charge on any atom is 0.341 e. The molecule has 2 aliphatic carbocycles. The standard InChI is InChI=1S/C16H20ClNO3/c1-15(2)9-6-7-16(15,3)11(8-9)21-13-10(14(19)20)4-5-12(17)18-13/h4-5,9,11H,6-8H2,1-3H3,(H,19,20). The second kappa shape index (κ2) is 4.60. The number of carbonyl (C=O) groups is 1. The van der Waals surface area contributed by atoms with Crippen LogP contribution >= 0.6 is 11.6 Å². The Hall–Kier alpha value is -1.29. The fraction of sp³-hybridized carbons (Fsp3) is 0.625. The van der Waals surface area contributed by atoms with Gasteiger partial charge >= 0.3 is 5.97 Å². The normalized spacial score (nSPS) is 33.1. The number of fused-ring (bicyclic) bond motifs is 2. The van der Waals surface area contributed by atoms with Crippen molar-refractivity contribution < 1.29 is 14.6 Å². The van der Waals surface area contributed by atoms with Crippen molar-refractivity contribution >= 4 is 17.6 Å². The fourth-order valence-corrected chi connectivity index (χ4v) is 4.25. The van der Waals surface area contributed by atoms with E-state index in [0.29, 0.717) is 5.92 Å². The van der Waals surface area contributed by atoms with E-state index >= 15 is 0 Å². The predicted molar refractivity (Wildman–Crippen MR) is 79.9 cm³/mol. The SMILES string of the molecule is CC1(C)C2CCC1(C)C(Oc1nc(Cl)ccc1C(=O)O)C2. The molecule has 3 unspecified atom stereocenters. The molecule has 0 aliphatic heterocycles. The molecule has 0 spiro atoms. The topological polar surface area (TPSA) is 59.4 Å². The van der Waals surface area contributed by atoms with E-state index in [2.05, 4.69) is 25.8 Å². The molecule has 114 valence electrons. The number of ether oxygens (including phenoxy) is 1.